The van der Waals surface area contributed by atoms with Gasteiger partial charge in [-0.3, -0.25) is 4.98 Å². The minimum Gasteiger partial charge on any atom is -0.383 e. The van der Waals surface area contributed by atoms with Crippen molar-refractivity contribution in [3.63, 3.8) is 0 Å². The fourth-order valence-electron chi connectivity index (χ4n) is 3.24. The summed E-state index contributed by atoms with van der Waals surface area (Å²) in [6.07, 6.45) is 4.72. The highest BCUT2D eigenvalue weighted by Gasteiger charge is 2.16. The van der Waals surface area contributed by atoms with Gasteiger partial charge in [0.05, 0.1) is 0 Å². The van der Waals surface area contributed by atoms with E-state index in [0.717, 1.165) is 19.5 Å². The number of pyridine rings is 1. The van der Waals surface area contributed by atoms with Crippen LogP contribution in [0.5, 0.6) is 0 Å². The summed E-state index contributed by atoms with van der Waals surface area (Å²) in [6.45, 7) is 1.83. The van der Waals surface area contributed by atoms with Crippen LogP contribution in [0.15, 0.2) is 73.1 Å². The summed E-state index contributed by atoms with van der Waals surface area (Å²) in [5.74, 6) is 0. The molecule has 1 atom stereocenters. The molecule has 0 fully saturated rings. The summed E-state index contributed by atoms with van der Waals surface area (Å²) in [7, 11) is 0. The standard InChI is InChI=1S/C21H21N3/c1-2-4-16(5-3-1)12-20-15-24-21-7-6-18(13-19(21)14-23-20)17-8-10-22-11-9-17/h1-11,13,20,23-24H,12,14-15H2/t20-/m1/s1. The van der Waals surface area contributed by atoms with Gasteiger partial charge in [-0.1, -0.05) is 36.4 Å². The average molecular weight is 315 g/mol. The Hall–Kier alpha value is -2.65. The highest BCUT2D eigenvalue weighted by Crippen LogP contribution is 2.26. The predicted molar refractivity (Wildman–Crippen MR) is 98.9 cm³/mol. The topological polar surface area (TPSA) is 37.0 Å². The van der Waals surface area contributed by atoms with Gasteiger partial charge in [0.25, 0.3) is 0 Å². The molecule has 0 amide bonds. The van der Waals surface area contributed by atoms with Crippen molar-refractivity contribution in [2.75, 3.05) is 11.9 Å². The minimum atomic E-state index is 0.434. The highest BCUT2D eigenvalue weighted by molar-refractivity contribution is 5.68. The Morgan fingerprint density at radius 2 is 1.75 bits per heavy atom. The molecule has 24 heavy (non-hydrogen) atoms. The highest BCUT2D eigenvalue weighted by atomic mass is 15.0. The minimum absolute atomic E-state index is 0.434. The number of nitrogens with zero attached hydrogens (tertiary/aromatic N) is 1. The largest absolute Gasteiger partial charge is 0.383 e. The fraction of sp³-hybridized carbons (Fsp3) is 0.190. The Morgan fingerprint density at radius 1 is 0.917 bits per heavy atom. The molecule has 2 heterocycles. The molecule has 0 bridgehead atoms. The molecule has 0 unspecified atom stereocenters. The van der Waals surface area contributed by atoms with Crippen LogP contribution >= 0.6 is 0 Å². The number of rotatable bonds is 3. The Bertz CT molecular complexity index is 800. The van der Waals surface area contributed by atoms with Gasteiger partial charge in [-0.2, -0.15) is 0 Å². The molecule has 1 aliphatic rings. The van der Waals surface area contributed by atoms with Crippen LogP contribution in [0.3, 0.4) is 0 Å². The van der Waals surface area contributed by atoms with Gasteiger partial charge in [0.2, 0.25) is 0 Å². The lowest BCUT2D eigenvalue weighted by Gasteiger charge is -2.15. The first-order valence-corrected chi connectivity index (χ1v) is 8.43. The van der Waals surface area contributed by atoms with E-state index in [2.05, 4.69) is 76.3 Å². The monoisotopic (exact) mass is 315 g/mol. The van der Waals surface area contributed by atoms with Crippen molar-refractivity contribution in [2.24, 2.45) is 0 Å². The summed E-state index contributed by atoms with van der Waals surface area (Å²) in [4.78, 5) is 4.10. The van der Waals surface area contributed by atoms with Gasteiger partial charge in [0.15, 0.2) is 0 Å². The summed E-state index contributed by atoms with van der Waals surface area (Å²) in [5, 5.41) is 7.29. The number of hydrogen-bond acceptors (Lipinski definition) is 3. The summed E-state index contributed by atoms with van der Waals surface area (Å²) < 4.78 is 0. The smallest absolute Gasteiger partial charge is 0.0386 e. The van der Waals surface area contributed by atoms with E-state index in [0.29, 0.717) is 6.04 Å². The third kappa shape index (κ3) is 3.31. The number of aromatic nitrogens is 1. The maximum absolute atomic E-state index is 4.10. The summed E-state index contributed by atoms with van der Waals surface area (Å²) in [6, 6.07) is 21.9. The normalized spacial score (nSPS) is 16.8. The second kappa shape index (κ2) is 6.85. The van der Waals surface area contributed by atoms with Crippen molar-refractivity contribution in [3.8, 4) is 11.1 Å². The number of nitrogens with one attached hydrogen (secondary N) is 2. The lowest BCUT2D eigenvalue weighted by Crippen LogP contribution is -2.34. The Kier molecular flexibility index (Phi) is 4.26. The Balaban J connectivity index is 1.51. The Labute approximate surface area is 142 Å². The van der Waals surface area contributed by atoms with E-state index in [1.165, 1.54) is 27.9 Å². The van der Waals surface area contributed by atoms with Gasteiger partial charge < -0.3 is 10.6 Å². The zero-order valence-corrected chi connectivity index (χ0v) is 13.6. The van der Waals surface area contributed by atoms with E-state index in [1.807, 2.05) is 12.4 Å². The van der Waals surface area contributed by atoms with Gasteiger partial charge in [-0.15, -0.1) is 0 Å². The van der Waals surface area contributed by atoms with Crippen LogP contribution in [0.2, 0.25) is 0 Å². The van der Waals surface area contributed by atoms with Crippen LogP contribution in [-0.2, 0) is 13.0 Å². The molecule has 3 heteroatoms. The molecular formula is C21H21N3. The molecule has 1 aliphatic heterocycles. The molecule has 4 rings (SSSR count). The molecule has 3 nitrogen and oxygen atoms in total. The first kappa shape index (κ1) is 14.9. The predicted octanol–water partition coefficient (Wildman–Crippen LogP) is 3.88. The maximum atomic E-state index is 4.10. The number of hydrogen-bond donors (Lipinski definition) is 2. The Morgan fingerprint density at radius 3 is 2.58 bits per heavy atom. The maximum Gasteiger partial charge on any atom is 0.0386 e. The van der Waals surface area contributed by atoms with E-state index >= 15 is 0 Å². The second-order valence-electron chi connectivity index (χ2n) is 6.26. The van der Waals surface area contributed by atoms with Crippen molar-refractivity contribution in [1.29, 1.82) is 0 Å². The number of anilines is 1. The quantitative estimate of drug-likeness (QED) is 0.770. The molecule has 0 radical (unpaired) electrons. The van der Waals surface area contributed by atoms with Gasteiger partial charge in [-0.05, 0) is 52.9 Å². The van der Waals surface area contributed by atoms with Crippen molar-refractivity contribution < 1.29 is 0 Å². The molecule has 2 aromatic carbocycles. The molecule has 0 aliphatic carbocycles. The van der Waals surface area contributed by atoms with E-state index in [1.54, 1.807) is 0 Å². The zero-order chi connectivity index (χ0) is 16.2. The van der Waals surface area contributed by atoms with Crippen LogP contribution in [0.1, 0.15) is 11.1 Å². The molecule has 2 N–H and O–H groups in total. The van der Waals surface area contributed by atoms with Crippen LogP contribution < -0.4 is 10.6 Å². The molecule has 120 valence electrons. The SMILES string of the molecule is c1ccc(C[C@@H]2CNc3ccc(-c4ccncc4)cc3CN2)cc1. The van der Waals surface area contributed by atoms with Gasteiger partial charge in [0.1, 0.15) is 0 Å². The lowest BCUT2D eigenvalue weighted by atomic mass is 10.0. The zero-order valence-electron chi connectivity index (χ0n) is 13.6. The lowest BCUT2D eigenvalue weighted by molar-refractivity contribution is 0.537. The van der Waals surface area contributed by atoms with Crippen molar-refractivity contribution >= 4 is 5.69 Å². The molecular weight excluding hydrogens is 294 g/mol. The van der Waals surface area contributed by atoms with Crippen molar-refractivity contribution in [3.05, 3.63) is 84.2 Å². The fourth-order valence-corrected chi connectivity index (χ4v) is 3.24. The second-order valence-corrected chi connectivity index (χ2v) is 6.26. The van der Waals surface area contributed by atoms with Crippen molar-refractivity contribution in [2.45, 2.75) is 19.0 Å². The van der Waals surface area contributed by atoms with E-state index in [9.17, 15) is 0 Å². The van der Waals surface area contributed by atoms with Gasteiger partial charge >= 0.3 is 0 Å². The third-order valence-electron chi connectivity index (χ3n) is 4.56. The first-order chi connectivity index (χ1) is 11.9. The van der Waals surface area contributed by atoms with E-state index < -0.39 is 0 Å². The van der Waals surface area contributed by atoms with Crippen LogP contribution in [0.25, 0.3) is 11.1 Å². The van der Waals surface area contributed by atoms with Crippen LogP contribution in [0, 0.1) is 0 Å². The van der Waals surface area contributed by atoms with Crippen molar-refractivity contribution in [1.82, 2.24) is 10.3 Å². The molecule has 0 saturated heterocycles. The molecule has 0 spiro atoms. The molecule has 1 aromatic heterocycles. The van der Waals surface area contributed by atoms with Crippen LogP contribution in [-0.4, -0.2) is 17.6 Å². The molecule has 3 aromatic rings. The van der Waals surface area contributed by atoms with Gasteiger partial charge in [-0.25, -0.2) is 0 Å². The average Bonchev–Trinajstić information content (AvgIpc) is 2.85. The third-order valence-corrected chi connectivity index (χ3v) is 4.56. The summed E-state index contributed by atoms with van der Waals surface area (Å²) in [5.41, 5.74) is 6.37. The van der Waals surface area contributed by atoms with Gasteiger partial charge in [0, 0.05) is 37.2 Å². The van der Waals surface area contributed by atoms with E-state index in [-0.39, 0.29) is 0 Å². The van der Waals surface area contributed by atoms with Crippen LogP contribution in [0.4, 0.5) is 5.69 Å². The number of fused-ring (bicyclic) bond motifs is 1. The first-order valence-electron chi connectivity index (χ1n) is 8.43. The molecule has 0 saturated carbocycles. The number of benzene rings is 2. The summed E-state index contributed by atoms with van der Waals surface area (Å²) >= 11 is 0. The van der Waals surface area contributed by atoms with E-state index in [4.69, 9.17) is 0 Å².